The fourth-order valence-corrected chi connectivity index (χ4v) is 1.71. The third-order valence-electron chi connectivity index (χ3n) is 2.46. The van der Waals surface area contributed by atoms with Gasteiger partial charge in [-0.2, -0.15) is 0 Å². The largest absolute Gasteiger partial charge is 0.497 e. The van der Waals surface area contributed by atoms with Crippen molar-refractivity contribution in [3.05, 3.63) is 29.8 Å². The van der Waals surface area contributed by atoms with Crippen LogP contribution in [0.1, 0.15) is 24.5 Å². The van der Waals surface area contributed by atoms with Gasteiger partial charge in [-0.3, -0.25) is 0 Å². The third kappa shape index (κ3) is 1.89. The van der Waals surface area contributed by atoms with Crippen LogP contribution in [0.2, 0.25) is 0 Å². The van der Waals surface area contributed by atoms with Gasteiger partial charge in [-0.25, -0.2) is 0 Å². The second-order valence-electron chi connectivity index (χ2n) is 3.43. The fourth-order valence-electron chi connectivity index (χ4n) is 1.71. The van der Waals surface area contributed by atoms with Crippen LogP contribution in [0.15, 0.2) is 24.3 Å². The zero-order valence-corrected chi connectivity index (χ0v) is 8.14. The first-order valence-corrected chi connectivity index (χ1v) is 4.77. The van der Waals surface area contributed by atoms with Gasteiger partial charge in [0.2, 0.25) is 0 Å². The van der Waals surface area contributed by atoms with E-state index in [1.165, 1.54) is 0 Å². The fraction of sp³-hybridized carbons (Fsp3) is 0.455. The van der Waals surface area contributed by atoms with E-state index in [-0.39, 0.29) is 6.10 Å². The molecule has 1 aromatic carbocycles. The van der Waals surface area contributed by atoms with Crippen LogP contribution in [0.5, 0.6) is 5.75 Å². The number of rotatable bonds is 2. The normalized spacial score (nSPS) is 26.4. The molecule has 1 N–H and O–H groups in total. The van der Waals surface area contributed by atoms with E-state index in [2.05, 4.69) is 0 Å². The van der Waals surface area contributed by atoms with Crippen molar-refractivity contribution in [3.8, 4) is 5.75 Å². The van der Waals surface area contributed by atoms with Crippen molar-refractivity contribution in [2.75, 3.05) is 7.11 Å². The summed E-state index contributed by atoms with van der Waals surface area (Å²) in [5, 5.41) is 9.23. The molecule has 1 fully saturated rings. The molecule has 1 aromatic rings. The third-order valence-corrected chi connectivity index (χ3v) is 2.46. The predicted molar refractivity (Wildman–Crippen MR) is 52.1 cm³/mol. The zero-order valence-electron chi connectivity index (χ0n) is 8.14. The molecular formula is C11H14O3. The molecule has 0 saturated carbocycles. The van der Waals surface area contributed by atoms with E-state index in [0.29, 0.717) is 6.42 Å². The number of ether oxygens (including phenoxy) is 2. The molecule has 14 heavy (non-hydrogen) atoms. The molecule has 0 spiro atoms. The van der Waals surface area contributed by atoms with Crippen LogP contribution in [-0.4, -0.2) is 18.5 Å². The summed E-state index contributed by atoms with van der Waals surface area (Å²) in [5.41, 5.74) is 1.07. The van der Waals surface area contributed by atoms with Crippen LogP contribution >= 0.6 is 0 Å². The highest BCUT2D eigenvalue weighted by Gasteiger charge is 2.24. The Bertz CT molecular complexity index is 311. The van der Waals surface area contributed by atoms with E-state index in [1.807, 2.05) is 24.3 Å². The molecule has 76 valence electrons. The summed E-state index contributed by atoms with van der Waals surface area (Å²) in [6.07, 6.45) is 0.988. The first kappa shape index (κ1) is 9.49. The Hall–Kier alpha value is -1.06. The van der Waals surface area contributed by atoms with E-state index in [4.69, 9.17) is 9.47 Å². The predicted octanol–water partition coefficient (Wildman–Crippen LogP) is 1.87. The number of benzene rings is 1. The molecule has 0 aromatic heterocycles. The van der Waals surface area contributed by atoms with E-state index in [9.17, 15) is 5.11 Å². The minimum absolute atomic E-state index is 0.0140. The van der Waals surface area contributed by atoms with Crippen LogP contribution in [0.4, 0.5) is 0 Å². The molecule has 3 heteroatoms. The second-order valence-corrected chi connectivity index (χ2v) is 3.43. The molecule has 2 atom stereocenters. The van der Waals surface area contributed by atoms with Gasteiger partial charge in [-0.1, -0.05) is 12.1 Å². The maximum atomic E-state index is 9.23. The lowest BCUT2D eigenvalue weighted by molar-refractivity contribution is -0.0914. The average Bonchev–Trinajstić information content (AvgIpc) is 2.65. The molecule has 1 saturated heterocycles. The maximum Gasteiger partial charge on any atom is 0.155 e. The monoisotopic (exact) mass is 194 g/mol. The van der Waals surface area contributed by atoms with Gasteiger partial charge in [0.25, 0.3) is 0 Å². The van der Waals surface area contributed by atoms with E-state index >= 15 is 0 Å². The lowest BCUT2D eigenvalue weighted by atomic mass is 10.1. The van der Waals surface area contributed by atoms with Gasteiger partial charge in [0.15, 0.2) is 6.29 Å². The molecular weight excluding hydrogens is 180 g/mol. The molecule has 0 amide bonds. The van der Waals surface area contributed by atoms with Crippen LogP contribution in [0.3, 0.4) is 0 Å². The Balaban J connectivity index is 2.15. The SMILES string of the molecule is COc1cccc(C2CCC(O)O2)c1. The minimum atomic E-state index is -0.605. The standard InChI is InChI=1S/C11H14O3/c1-13-9-4-2-3-8(7-9)10-5-6-11(12)14-10/h2-4,7,10-12H,5-6H2,1H3. The number of aliphatic hydroxyl groups is 1. The molecule has 2 unspecified atom stereocenters. The highest BCUT2D eigenvalue weighted by molar-refractivity contribution is 5.30. The maximum absolute atomic E-state index is 9.23. The number of aliphatic hydroxyl groups excluding tert-OH is 1. The van der Waals surface area contributed by atoms with Crippen LogP contribution in [0, 0.1) is 0 Å². The first-order valence-electron chi connectivity index (χ1n) is 4.77. The van der Waals surface area contributed by atoms with Crippen LogP contribution < -0.4 is 4.74 Å². The van der Waals surface area contributed by atoms with Crippen molar-refractivity contribution in [3.63, 3.8) is 0 Å². The lowest BCUT2D eigenvalue weighted by Gasteiger charge is -2.11. The van der Waals surface area contributed by atoms with Crippen LogP contribution in [0.25, 0.3) is 0 Å². The van der Waals surface area contributed by atoms with Gasteiger partial charge in [0, 0.05) is 6.42 Å². The summed E-state index contributed by atoms with van der Waals surface area (Å²) in [5.74, 6) is 0.826. The van der Waals surface area contributed by atoms with Crippen molar-refractivity contribution in [1.29, 1.82) is 0 Å². The molecule has 1 aliphatic heterocycles. The molecule has 2 rings (SSSR count). The van der Waals surface area contributed by atoms with E-state index in [1.54, 1.807) is 7.11 Å². The van der Waals surface area contributed by atoms with Crippen molar-refractivity contribution >= 4 is 0 Å². The lowest BCUT2D eigenvalue weighted by Crippen LogP contribution is -2.04. The summed E-state index contributed by atoms with van der Waals surface area (Å²) in [6, 6.07) is 7.77. The Morgan fingerprint density at radius 1 is 1.43 bits per heavy atom. The topological polar surface area (TPSA) is 38.7 Å². The van der Waals surface area contributed by atoms with Gasteiger partial charge >= 0.3 is 0 Å². The summed E-state index contributed by atoms with van der Waals surface area (Å²) >= 11 is 0. The van der Waals surface area contributed by atoms with Gasteiger partial charge in [-0.15, -0.1) is 0 Å². The molecule has 1 heterocycles. The molecule has 0 bridgehead atoms. The Kier molecular flexibility index (Phi) is 2.70. The summed E-state index contributed by atoms with van der Waals surface area (Å²) < 4.78 is 10.5. The Morgan fingerprint density at radius 2 is 2.29 bits per heavy atom. The van der Waals surface area contributed by atoms with Gasteiger partial charge in [-0.05, 0) is 24.1 Å². The van der Waals surface area contributed by atoms with E-state index in [0.717, 1.165) is 17.7 Å². The van der Waals surface area contributed by atoms with Crippen molar-refractivity contribution in [2.24, 2.45) is 0 Å². The average molecular weight is 194 g/mol. The molecule has 3 nitrogen and oxygen atoms in total. The molecule has 0 radical (unpaired) electrons. The first-order chi connectivity index (χ1) is 6.79. The highest BCUT2D eigenvalue weighted by atomic mass is 16.6. The van der Waals surface area contributed by atoms with Crippen molar-refractivity contribution in [2.45, 2.75) is 25.2 Å². The zero-order chi connectivity index (χ0) is 9.97. The van der Waals surface area contributed by atoms with Gasteiger partial charge in [0.05, 0.1) is 13.2 Å². The summed E-state index contributed by atoms with van der Waals surface area (Å²) in [7, 11) is 1.64. The van der Waals surface area contributed by atoms with Crippen LogP contribution in [-0.2, 0) is 4.74 Å². The van der Waals surface area contributed by atoms with Gasteiger partial charge in [0.1, 0.15) is 5.75 Å². The van der Waals surface area contributed by atoms with Crippen molar-refractivity contribution in [1.82, 2.24) is 0 Å². The summed E-state index contributed by atoms with van der Waals surface area (Å²) in [6.45, 7) is 0. The molecule has 0 aliphatic carbocycles. The quantitative estimate of drug-likeness (QED) is 0.781. The van der Waals surface area contributed by atoms with Crippen molar-refractivity contribution < 1.29 is 14.6 Å². The Morgan fingerprint density at radius 3 is 2.93 bits per heavy atom. The number of hydrogen-bond donors (Lipinski definition) is 1. The number of methoxy groups -OCH3 is 1. The molecule has 1 aliphatic rings. The Labute approximate surface area is 83.3 Å². The summed E-state index contributed by atoms with van der Waals surface area (Å²) in [4.78, 5) is 0. The van der Waals surface area contributed by atoms with E-state index < -0.39 is 6.29 Å². The highest BCUT2D eigenvalue weighted by Crippen LogP contribution is 2.32. The smallest absolute Gasteiger partial charge is 0.155 e. The second kappa shape index (κ2) is 3.98. The minimum Gasteiger partial charge on any atom is -0.497 e. The van der Waals surface area contributed by atoms with Gasteiger partial charge < -0.3 is 14.6 Å². The number of hydrogen-bond acceptors (Lipinski definition) is 3.